The lowest BCUT2D eigenvalue weighted by atomic mass is 10.1. The SMILES string of the molecule is CCC(CNC)C(=O)Nc1ccc2ccccc2c1. The summed E-state index contributed by atoms with van der Waals surface area (Å²) in [4.78, 5) is 12.1. The molecule has 2 aromatic rings. The van der Waals surface area contributed by atoms with E-state index in [0.717, 1.165) is 17.5 Å². The summed E-state index contributed by atoms with van der Waals surface area (Å²) in [6.45, 7) is 2.73. The van der Waals surface area contributed by atoms with Gasteiger partial charge in [0.2, 0.25) is 5.91 Å². The van der Waals surface area contributed by atoms with Gasteiger partial charge < -0.3 is 10.6 Å². The number of nitrogens with one attached hydrogen (secondary N) is 2. The van der Waals surface area contributed by atoms with Gasteiger partial charge in [-0.1, -0.05) is 37.3 Å². The number of fused-ring (bicyclic) bond motifs is 1. The zero-order valence-electron chi connectivity index (χ0n) is 11.4. The quantitative estimate of drug-likeness (QED) is 0.863. The van der Waals surface area contributed by atoms with Crippen LogP contribution in [0.5, 0.6) is 0 Å². The molecule has 1 amide bonds. The zero-order valence-corrected chi connectivity index (χ0v) is 11.4. The summed E-state index contributed by atoms with van der Waals surface area (Å²) < 4.78 is 0. The lowest BCUT2D eigenvalue weighted by Crippen LogP contribution is -2.30. The molecule has 2 aromatic carbocycles. The van der Waals surface area contributed by atoms with Gasteiger partial charge in [0.05, 0.1) is 5.92 Å². The van der Waals surface area contributed by atoms with Crippen LogP contribution in [0.25, 0.3) is 10.8 Å². The molecule has 100 valence electrons. The molecule has 0 radical (unpaired) electrons. The van der Waals surface area contributed by atoms with E-state index in [4.69, 9.17) is 0 Å². The monoisotopic (exact) mass is 256 g/mol. The van der Waals surface area contributed by atoms with Gasteiger partial charge in [-0.25, -0.2) is 0 Å². The molecule has 0 saturated carbocycles. The van der Waals surface area contributed by atoms with Crippen molar-refractivity contribution in [2.45, 2.75) is 13.3 Å². The number of rotatable bonds is 5. The summed E-state index contributed by atoms with van der Waals surface area (Å²) in [6, 6.07) is 14.1. The van der Waals surface area contributed by atoms with Crippen LogP contribution in [0.3, 0.4) is 0 Å². The Balaban J connectivity index is 2.14. The van der Waals surface area contributed by atoms with Crippen LogP contribution in [0, 0.1) is 5.92 Å². The maximum atomic E-state index is 12.1. The van der Waals surface area contributed by atoms with E-state index >= 15 is 0 Å². The van der Waals surface area contributed by atoms with Crippen LogP contribution >= 0.6 is 0 Å². The summed E-state index contributed by atoms with van der Waals surface area (Å²) in [5.74, 6) is 0.0867. The summed E-state index contributed by atoms with van der Waals surface area (Å²) in [5, 5.41) is 8.37. The first-order valence-electron chi connectivity index (χ1n) is 6.69. The van der Waals surface area contributed by atoms with E-state index in [1.807, 2.05) is 44.3 Å². The molecule has 0 heterocycles. The third-order valence-corrected chi connectivity index (χ3v) is 3.33. The zero-order chi connectivity index (χ0) is 13.7. The van der Waals surface area contributed by atoms with Gasteiger partial charge in [-0.3, -0.25) is 4.79 Å². The standard InChI is InChI=1S/C16H20N2O/c1-3-12(11-17-2)16(19)18-15-9-8-13-6-4-5-7-14(13)10-15/h4-10,12,17H,3,11H2,1-2H3,(H,18,19). The average molecular weight is 256 g/mol. The van der Waals surface area contributed by atoms with Gasteiger partial charge >= 0.3 is 0 Å². The molecule has 3 heteroatoms. The first kappa shape index (κ1) is 13.6. The molecular weight excluding hydrogens is 236 g/mol. The maximum absolute atomic E-state index is 12.1. The highest BCUT2D eigenvalue weighted by molar-refractivity contribution is 5.95. The molecule has 0 fully saturated rings. The van der Waals surface area contributed by atoms with E-state index in [9.17, 15) is 4.79 Å². The van der Waals surface area contributed by atoms with Crippen LogP contribution in [0.4, 0.5) is 5.69 Å². The van der Waals surface area contributed by atoms with Crippen molar-refractivity contribution in [1.82, 2.24) is 5.32 Å². The second kappa shape index (κ2) is 6.34. The van der Waals surface area contributed by atoms with Crippen molar-refractivity contribution in [3.05, 3.63) is 42.5 Å². The van der Waals surface area contributed by atoms with E-state index in [1.54, 1.807) is 0 Å². The maximum Gasteiger partial charge on any atom is 0.228 e. The minimum atomic E-state index is 0.0106. The van der Waals surface area contributed by atoms with Crippen molar-refractivity contribution < 1.29 is 4.79 Å². The predicted molar refractivity (Wildman–Crippen MR) is 80.3 cm³/mol. The molecule has 0 aliphatic rings. The van der Waals surface area contributed by atoms with Gasteiger partial charge in [-0.15, -0.1) is 0 Å². The van der Waals surface area contributed by atoms with Crippen molar-refractivity contribution in [2.24, 2.45) is 5.92 Å². The summed E-state index contributed by atoms with van der Waals surface area (Å²) in [5.41, 5.74) is 0.859. The van der Waals surface area contributed by atoms with Crippen molar-refractivity contribution >= 4 is 22.4 Å². The summed E-state index contributed by atoms with van der Waals surface area (Å²) >= 11 is 0. The van der Waals surface area contributed by atoms with Gasteiger partial charge in [0, 0.05) is 12.2 Å². The predicted octanol–water partition coefficient (Wildman–Crippen LogP) is 3.02. The lowest BCUT2D eigenvalue weighted by Gasteiger charge is -2.14. The Bertz CT molecular complexity index is 565. The smallest absolute Gasteiger partial charge is 0.228 e. The molecule has 0 aliphatic carbocycles. The van der Waals surface area contributed by atoms with E-state index in [-0.39, 0.29) is 11.8 Å². The van der Waals surface area contributed by atoms with Crippen molar-refractivity contribution in [1.29, 1.82) is 0 Å². The molecule has 0 aliphatic heterocycles. The minimum absolute atomic E-state index is 0.0106. The third kappa shape index (κ3) is 3.32. The number of carbonyl (C=O) groups excluding carboxylic acids is 1. The molecule has 2 rings (SSSR count). The Hall–Kier alpha value is -1.87. The highest BCUT2D eigenvalue weighted by Crippen LogP contribution is 2.19. The van der Waals surface area contributed by atoms with Gasteiger partial charge in [-0.05, 0) is 36.4 Å². The number of hydrogen-bond acceptors (Lipinski definition) is 2. The minimum Gasteiger partial charge on any atom is -0.326 e. The highest BCUT2D eigenvalue weighted by Gasteiger charge is 2.15. The van der Waals surface area contributed by atoms with E-state index in [1.165, 1.54) is 5.39 Å². The molecule has 1 unspecified atom stereocenters. The Kier molecular flexibility index (Phi) is 4.53. The molecule has 3 nitrogen and oxygen atoms in total. The fourth-order valence-electron chi connectivity index (χ4n) is 2.18. The average Bonchev–Trinajstić information content (AvgIpc) is 2.44. The van der Waals surface area contributed by atoms with E-state index < -0.39 is 0 Å². The molecule has 1 atom stereocenters. The number of amides is 1. The fraction of sp³-hybridized carbons (Fsp3) is 0.312. The first-order valence-corrected chi connectivity index (χ1v) is 6.69. The topological polar surface area (TPSA) is 41.1 Å². The molecule has 2 N–H and O–H groups in total. The molecule has 0 aromatic heterocycles. The van der Waals surface area contributed by atoms with Crippen LogP contribution in [0.1, 0.15) is 13.3 Å². The number of anilines is 1. The van der Waals surface area contributed by atoms with E-state index in [0.29, 0.717) is 6.54 Å². The highest BCUT2D eigenvalue weighted by atomic mass is 16.1. The van der Waals surface area contributed by atoms with Gasteiger partial charge in [-0.2, -0.15) is 0 Å². The molecular formula is C16H20N2O. The number of benzene rings is 2. The molecule has 19 heavy (non-hydrogen) atoms. The molecule has 0 bridgehead atoms. The Morgan fingerprint density at radius 3 is 2.58 bits per heavy atom. The number of hydrogen-bond donors (Lipinski definition) is 2. The van der Waals surface area contributed by atoms with Crippen molar-refractivity contribution in [3.63, 3.8) is 0 Å². The van der Waals surface area contributed by atoms with Crippen LogP contribution in [0.15, 0.2) is 42.5 Å². The van der Waals surface area contributed by atoms with Gasteiger partial charge in [0.1, 0.15) is 0 Å². The van der Waals surface area contributed by atoms with Gasteiger partial charge in [0.15, 0.2) is 0 Å². The van der Waals surface area contributed by atoms with Crippen LogP contribution in [0.2, 0.25) is 0 Å². The Morgan fingerprint density at radius 1 is 1.16 bits per heavy atom. The second-order valence-electron chi connectivity index (χ2n) is 4.71. The van der Waals surface area contributed by atoms with Crippen molar-refractivity contribution in [3.8, 4) is 0 Å². The van der Waals surface area contributed by atoms with Crippen LogP contribution < -0.4 is 10.6 Å². The largest absolute Gasteiger partial charge is 0.326 e. The Morgan fingerprint density at radius 2 is 1.89 bits per heavy atom. The summed E-state index contributed by atoms with van der Waals surface area (Å²) in [6.07, 6.45) is 0.834. The molecule has 0 saturated heterocycles. The third-order valence-electron chi connectivity index (χ3n) is 3.33. The second-order valence-corrected chi connectivity index (χ2v) is 4.71. The fourth-order valence-corrected chi connectivity index (χ4v) is 2.18. The van der Waals surface area contributed by atoms with Crippen molar-refractivity contribution in [2.75, 3.05) is 18.9 Å². The van der Waals surface area contributed by atoms with E-state index in [2.05, 4.69) is 22.8 Å². The summed E-state index contributed by atoms with van der Waals surface area (Å²) in [7, 11) is 1.87. The lowest BCUT2D eigenvalue weighted by molar-refractivity contribution is -0.119. The van der Waals surface area contributed by atoms with Crippen LogP contribution in [-0.2, 0) is 4.79 Å². The Labute approximate surface area is 114 Å². The van der Waals surface area contributed by atoms with Gasteiger partial charge in [0.25, 0.3) is 0 Å². The van der Waals surface area contributed by atoms with Crippen LogP contribution in [-0.4, -0.2) is 19.5 Å². The number of carbonyl (C=O) groups is 1. The normalized spacial score (nSPS) is 12.3. The first-order chi connectivity index (χ1) is 9.24. The molecule has 0 spiro atoms.